The summed E-state index contributed by atoms with van der Waals surface area (Å²) in [6.45, 7) is 1.86. The topological polar surface area (TPSA) is 32.3 Å². The summed E-state index contributed by atoms with van der Waals surface area (Å²) in [5.41, 5.74) is 3.33. The molecule has 100 valence electrons. The molecule has 1 saturated heterocycles. The summed E-state index contributed by atoms with van der Waals surface area (Å²) >= 11 is 0. The Balaban J connectivity index is 1.46. The molecule has 0 atom stereocenters. The predicted molar refractivity (Wildman–Crippen MR) is 72.5 cm³/mol. The maximum Gasteiger partial charge on any atom is 0.317 e. The molecule has 3 rings (SSSR count). The van der Waals surface area contributed by atoms with Crippen LogP contribution in [-0.4, -0.2) is 30.1 Å². The third-order valence-electron chi connectivity index (χ3n) is 4.59. The number of nitrogens with zero attached hydrogens (tertiary/aromatic N) is 1. The van der Waals surface area contributed by atoms with Crippen LogP contribution >= 0.6 is 0 Å². The number of likely N-dealkylation sites (tertiary alicyclic amines) is 1. The van der Waals surface area contributed by atoms with E-state index in [1.807, 2.05) is 4.90 Å². The van der Waals surface area contributed by atoms with Crippen LogP contribution in [0.25, 0.3) is 0 Å². The molecule has 3 fully saturated rings. The molecule has 1 heterocycles. The molecule has 3 aliphatic rings. The van der Waals surface area contributed by atoms with Crippen molar-refractivity contribution >= 4 is 6.03 Å². The Bertz CT molecular complexity index is 340. The summed E-state index contributed by atoms with van der Waals surface area (Å²) in [6.07, 6.45) is 11.1. The first-order valence-corrected chi connectivity index (χ1v) is 7.58. The third kappa shape index (κ3) is 2.88. The molecular formula is C15H24N2O. The van der Waals surface area contributed by atoms with E-state index >= 15 is 0 Å². The Morgan fingerprint density at radius 2 is 1.56 bits per heavy atom. The smallest absolute Gasteiger partial charge is 0.317 e. The average molecular weight is 248 g/mol. The van der Waals surface area contributed by atoms with Crippen LogP contribution in [0, 0.1) is 0 Å². The lowest BCUT2D eigenvalue weighted by molar-refractivity contribution is 0.186. The van der Waals surface area contributed by atoms with Crippen molar-refractivity contribution in [3.8, 4) is 0 Å². The molecule has 2 saturated carbocycles. The largest absolute Gasteiger partial charge is 0.335 e. The van der Waals surface area contributed by atoms with Gasteiger partial charge in [-0.05, 0) is 38.5 Å². The Labute approximate surface area is 110 Å². The minimum Gasteiger partial charge on any atom is -0.335 e. The zero-order valence-electron chi connectivity index (χ0n) is 11.2. The molecule has 0 aromatic carbocycles. The lowest BCUT2D eigenvalue weighted by atomic mass is 9.95. The van der Waals surface area contributed by atoms with E-state index in [1.54, 1.807) is 11.1 Å². The highest BCUT2D eigenvalue weighted by molar-refractivity contribution is 5.74. The lowest BCUT2D eigenvalue weighted by Gasteiger charge is -2.31. The van der Waals surface area contributed by atoms with Crippen LogP contribution in [0.5, 0.6) is 0 Å². The molecule has 0 radical (unpaired) electrons. The van der Waals surface area contributed by atoms with E-state index in [0.717, 1.165) is 25.9 Å². The fourth-order valence-electron chi connectivity index (χ4n) is 3.26. The van der Waals surface area contributed by atoms with Crippen molar-refractivity contribution in [3.05, 3.63) is 11.1 Å². The first-order valence-electron chi connectivity index (χ1n) is 7.58. The highest BCUT2D eigenvalue weighted by atomic mass is 16.2. The van der Waals surface area contributed by atoms with E-state index in [1.165, 1.54) is 44.9 Å². The monoisotopic (exact) mass is 248 g/mol. The van der Waals surface area contributed by atoms with Gasteiger partial charge in [-0.25, -0.2) is 4.79 Å². The maximum absolute atomic E-state index is 12.2. The van der Waals surface area contributed by atoms with Crippen LogP contribution in [-0.2, 0) is 0 Å². The Morgan fingerprint density at radius 3 is 2.17 bits per heavy atom. The highest BCUT2D eigenvalue weighted by Crippen LogP contribution is 2.36. The molecule has 0 bridgehead atoms. The summed E-state index contributed by atoms with van der Waals surface area (Å²) in [4.78, 5) is 14.2. The second kappa shape index (κ2) is 5.33. The Kier molecular flexibility index (Phi) is 3.57. The van der Waals surface area contributed by atoms with Gasteiger partial charge in [0, 0.05) is 19.1 Å². The van der Waals surface area contributed by atoms with Crippen LogP contribution in [0.1, 0.15) is 57.8 Å². The number of rotatable bonds is 1. The van der Waals surface area contributed by atoms with Crippen molar-refractivity contribution in [1.82, 2.24) is 10.2 Å². The summed E-state index contributed by atoms with van der Waals surface area (Å²) in [6, 6.07) is 0.621. The van der Waals surface area contributed by atoms with Gasteiger partial charge in [-0.2, -0.15) is 0 Å². The van der Waals surface area contributed by atoms with Crippen molar-refractivity contribution in [2.75, 3.05) is 13.1 Å². The lowest BCUT2D eigenvalue weighted by Crippen LogP contribution is -2.47. The van der Waals surface area contributed by atoms with Crippen molar-refractivity contribution in [2.45, 2.75) is 63.8 Å². The quantitative estimate of drug-likeness (QED) is 0.710. The number of amides is 2. The van der Waals surface area contributed by atoms with Gasteiger partial charge in [0.1, 0.15) is 0 Å². The minimum absolute atomic E-state index is 0.182. The second-order valence-corrected chi connectivity index (χ2v) is 5.98. The van der Waals surface area contributed by atoms with Gasteiger partial charge in [0.25, 0.3) is 0 Å². The molecule has 1 N–H and O–H groups in total. The number of hydrogen-bond acceptors (Lipinski definition) is 1. The third-order valence-corrected chi connectivity index (χ3v) is 4.59. The first kappa shape index (κ1) is 12.1. The van der Waals surface area contributed by atoms with Crippen LogP contribution in [0.3, 0.4) is 0 Å². The highest BCUT2D eigenvalue weighted by Gasteiger charge is 2.25. The van der Waals surface area contributed by atoms with E-state index < -0.39 is 0 Å². The molecule has 2 amide bonds. The van der Waals surface area contributed by atoms with Gasteiger partial charge in [-0.1, -0.05) is 30.4 Å². The van der Waals surface area contributed by atoms with E-state index in [-0.39, 0.29) is 6.03 Å². The number of nitrogens with one attached hydrogen (secondary N) is 1. The first-order chi connectivity index (χ1) is 8.83. The maximum atomic E-state index is 12.2. The molecule has 0 spiro atoms. The number of carbonyl (C=O) groups is 1. The van der Waals surface area contributed by atoms with Crippen LogP contribution in [0.15, 0.2) is 11.1 Å². The number of allylic oxidation sites excluding steroid dienone is 1. The fourth-order valence-corrected chi connectivity index (χ4v) is 3.26. The number of urea groups is 1. The zero-order valence-corrected chi connectivity index (χ0v) is 11.2. The van der Waals surface area contributed by atoms with Gasteiger partial charge < -0.3 is 10.2 Å². The van der Waals surface area contributed by atoms with Crippen LogP contribution < -0.4 is 5.32 Å². The fraction of sp³-hybridized carbons (Fsp3) is 0.800. The zero-order chi connectivity index (χ0) is 12.4. The summed E-state index contributed by atoms with van der Waals surface area (Å²) in [5, 5.41) is 3.22. The van der Waals surface area contributed by atoms with Gasteiger partial charge in [0.2, 0.25) is 0 Å². The molecule has 0 aromatic heterocycles. The molecule has 3 heteroatoms. The molecule has 1 aliphatic heterocycles. The Hall–Kier alpha value is -0.990. The molecule has 2 aliphatic carbocycles. The summed E-state index contributed by atoms with van der Waals surface area (Å²) in [7, 11) is 0. The van der Waals surface area contributed by atoms with E-state index in [4.69, 9.17) is 0 Å². The average Bonchev–Trinajstić information content (AvgIpc) is 3.24. The van der Waals surface area contributed by atoms with Crippen molar-refractivity contribution in [2.24, 2.45) is 0 Å². The SMILES string of the molecule is O=C(NC1CCCCC1)N1CCC(=C2CC2)CC1. The van der Waals surface area contributed by atoms with Gasteiger partial charge >= 0.3 is 6.03 Å². The number of piperidine rings is 1. The molecular weight excluding hydrogens is 224 g/mol. The standard InChI is InChI=1S/C15H24N2O/c18-15(16-14-4-2-1-3-5-14)17-10-8-13(9-11-17)12-6-7-12/h14H,1-11H2,(H,16,18). The van der Waals surface area contributed by atoms with Crippen molar-refractivity contribution < 1.29 is 4.79 Å². The number of carbonyl (C=O) groups excluding carboxylic acids is 1. The van der Waals surface area contributed by atoms with E-state index in [2.05, 4.69) is 5.32 Å². The molecule has 0 aromatic rings. The summed E-state index contributed by atoms with van der Waals surface area (Å²) < 4.78 is 0. The predicted octanol–water partition coefficient (Wildman–Crippen LogP) is 3.21. The van der Waals surface area contributed by atoms with E-state index in [9.17, 15) is 4.79 Å². The molecule has 18 heavy (non-hydrogen) atoms. The normalized spacial score (nSPS) is 25.2. The van der Waals surface area contributed by atoms with Gasteiger partial charge in [-0.15, -0.1) is 0 Å². The van der Waals surface area contributed by atoms with Crippen molar-refractivity contribution in [1.29, 1.82) is 0 Å². The number of hydrogen-bond donors (Lipinski definition) is 1. The summed E-state index contributed by atoms with van der Waals surface area (Å²) in [5.74, 6) is 0. The van der Waals surface area contributed by atoms with E-state index in [0.29, 0.717) is 6.04 Å². The van der Waals surface area contributed by atoms with Crippen LogP contribution in [0.2, 0.25) is 0 Å². The van der Waals surface area contributed by atoms with Gasteiger partial charge in [-0.3, -0.25) is 0 Å². The molecule has 0 unspecified atom stereocenters. The Morgan fingerprint density at radius 1 is 0.944 bits per heavy atom. The van der Waals surface area contributed by atoms with Crippen LogP contribution in [0.4, 0.5) is 4.79 Å². The van der Waals surface area contributed by atoms with Gasteiger partial charge in [0.05, 0.1) is 0 Å². The minimum atomic E-state index is 0.182. The van der Waals surface area contributed by atoms with Crippen molar-refractivity contribution in [3.63, 3.8) is 0 Å². The molecule has 3 nitrogen and oxygen atoms in total. The second-order valence-electron chi connectivity index (χ2n) is 5.98. The van der Waals surface area contributed by atoms with Gasteiger partial charge in [0.15, 0.2) is 0 Å².